The molecule has 3 rings (SSSR count). The summed E-state index contributed by atoms with van der Waals surface area (Å²) in [5, 5.41) is 2.18. The van der Waals surface area contributed by atoms with Gasteiger partial charge in [-0.15, -0.1) is 0 Å². The van der Waals surface area contributed by atoms with E-state index in [0.717, 1.165) is 27.0 Å². The third-order valence-electron chi connectivity index (χ3n) is 3.94. The molecule has 0 aliphatic rings. The molecule has 0 amide bonds. The Bertz CT molecular complexity index is 1040. The van der Waals surface area contributed by atoms with Crippen molar-refractivity contribution in [3.63, 3.8) is 0 Å². The van der Waals surface area contributed by atoms with Crippen molar-refractivity contribution >= 4 is 35.9 Å². The Morgan fingerprint density at radius 3 is 2.17 bits per heavy atom. The maximum absolute atomic E-state index is 11.5. The molecule has 3 aromatic carbocycles. The predicted molar refractivity (Wildman–Crippen MR) is 109 cm³/mol. The van der Waals surface area contributed by atoms with Crippen molar-refractivity contribution in [2.45, 2.75) is 11.8 Å². The van der Waals surface area contributed by atoms with Gasteiger partial charge in [0, 0.05) is 75.9 Å². The van der Waals surface area contributed by atoms with Crippen LogP contribution >= 0.6 is 19.6 Å². The summed E-state index contributed by atoms with van der Waals surface area (Å²) in [5.74, 6) is 0.771. The summed E-state index contributed by atoms with van der Waals surface area (Å²) < 4.78 is 21.7. The molecule has 0 heterocycles. The molecule has 0 aliphatic carbocycles. The quantitative estimate of drug-likeness (QED) is 0.230. The van der Waals surface area contributed by atoms with Gasteiger partial charge in [-0.3, -0.25) is 9.79 Å². The summed E-state index contributed by atoms with van der Waals surface area (Å²) in [6.45, 7) is 1.78. The predicted octanol–water partition coefficient (Wildman–Crippen LogP) is 5.43. The Balaban J connectivity index is 0.00000210. The Hall–Kier alpha value is -0.0322. The Labute approximate surface area is 224 Å². The van der Waals surface area contributed by atoms with Gasteiger partial charge in [-0.05, 0) is 53.6 Å². The van der Waals surface area contributed by atoms with E-state index in [1.165, 1.54) is 11.8 Å². The van der Waals surface area contributed by atoms with Gasteiger partial charge in [0.05, 0.1) is 7.11 Å². The molecule has 0 aliphatic heterocycles. The van der Waals surface area contributed by atoms with E-state index in [-0.39, 0.29) is 70.5 Å². The van der Waals surface area contributed by atoms with Crippen LogP contribution in [0.5, 0.6) is 5.75 Å². The number of ether oxygens (including phenoxy) is 1. The molecule has 9 heteroatoms. The van der Waals surface area contributed by atoms with Crippen LogP contribution in [0.1, 0.15) is 12.5 Å². The molecule has 0 saturated carbocycles. The molecule has 2 radical (unpaired) electrons. The largest absolute Gasteiger partial charge is 0.525 e. The van der Waals surface area contributed by atoms with E-state index in [0.29, 0.717) is 5.57 Å². The van der Waals surface area contributed by atoms with Gasteiger partial charge in [0.2, 0.25) is 0 Å². The zero-order valence-electron chi connectivity index (χ0n) is 16.0. The van der Waals surface area contributed by atoms with E-state index in [4.69, 9.17) is 9.26 Å². The van der Waals surface area contributed by atoms with Crippen LogP contribution in [0.15, 0.2) is 76.7 Å². The van der Waals surface area contributed by atoms with E-state index in [1.807, 2.05) is 66.7 Å². The van der Waals surface area contributed by atoms with Gasteiger partial charge in [-0.2, -0.15) is 0 Å². The van der Waals surface area contributed by atoms with Crippen molar-refractivity contribution in [3.05, 3.63) is 77.4 Å². The second-order valence-corrected chi connectivity index (χ2v) is 8.05. The zero-order chi connectivity index (χ0) is 19.4. The molecular weight excluding hydrogens is 561 g/mol. The maximum Gasteiger partial charge on any atom is 0.525 e. The first-order chi connectivity index (χ1) is 12.9. The number of phosphoric acid groups is 1. The van der Waals surface area contributed by atoms with E-state index in [9.17, 15) is 14.4 Å². The molecule has 2 N–H and O–H groups in total. The first kappa shape index (κ1) is 27.0. The molecule has 3 aromatic rings. The number of rotatable bonds is 6. The van der Waals surface area contributed by atoms with E-state index in [1.54, 1.807) is 14.0 Å². The first-order valence-electron chi connectivity index (χ1n) is 8.13. The Morgan fingerprint density at radius 2 is 1.55 bits per heavy atom. The number of thioether (sulfide) groups is 1. The SMILES string of the molecule is COc1ccc2cc(/C(C)=C(\OP(=O)(O)O)Sc3ccccc3)ccc2c1.[Y].[Y]. The molecule has 0 unspecified atom stereocenters. The first-order valence-corrected chi connectivity index (χ1v) is 10.5. The van der Waals surface area contributed by atoms with Crippen LogP contribution in [-0.4, -0.2) is 16.9 Å². The molecule has 5 nitrogen and oxygen atoms in total. The minimum absolute atomic E-state index is 0. The fourth-order valence-electron chi connectivity index (χ4n) is 2.57. The van der Waals surface area contributed by atoms with Crippen LogP contribution in [-0.2, 0) is 74.5 Å². The van der Waals surface area contributed by atoms with Gasteiger partial charge in [-0.25, -0.2) is 4.57 Å². The van der Waals surface area contributed by atoms with Gasteiger partial charge in [0.1, 0.15) is 5.75 Å². The number of hydrogen-bond donors (Lipinski definition) is 2. The number of fused-ring (bicyclic) bond motifs is 1. The summed E-state index contributed by atoms with van der Waals surface area (Å²) in [6.07, 6.45) is 0. The van der Waals surface area contributed by atoms with E-state index >= 15 is 0 Å². The fraction of sp³-hybridized carbons (Fsp3) is 0.100. The number of methoxy groups -OCH3 is 1. The second-order valence-electron chi connectivity index (χ2n) is 5.84. The van der Waals surface area contributed by atoms with Crippen LogP contribution < -0.4 is 4.74 Å². The van der Waals surface area contributed by atoms with Crippen molar-refractivity contribution < 1.29 is 89.0 Å². The monoisotopic (exact) mass is 580 g/mol. The van der Waals surface area contributed by atoms with Crippen LogP contribution in [0.3, 0.4) is 0 Å². The second kappa shape index (κ2) is 12.1. The molecule has 0 aromatic heterocycles. The van der Waals surface area contributed by atoms with Gasteiger partial charge in [-0.1, -0.05) is 48.2 Å². The van der Waals surface area contributed by atoms with Gasteiger partial charge < -0.3 is 9.26 Å². The normalized spacial score (nSPS) is 11.7. The average molecular weight is 580 g/mol. The molecule has 29 heavy (non-hydrogen) atoms. The van der Waals surface area contributed by atoms with Crippen LogP contribution in [0.4, 0.5) is 0 Å². The molecule has 0 saturated heterocycles. The van der Waals surface area contributed by atoms with Crippen molar-refractivity contribution in [2.24, 2.45) is 0 Å². The summed E-state index contributed by atoms with van der Waals surface area (Å²) in [4.78, 5) is 19.5. The molecular formula is C20H19O5PSY2. The standard InChI is InChI=1S/C20H19O5PS.2Y/c1-14(15-8-9-17-13-18(24-2)11-10-16(17)12-15)20(25-26(21,22)23)27-19-6-4-3-5-7-19;;/h3-13H,1-2H3,(H2,21,22,23);;/b20-14+;;. The molecule has 0 fully saturated rings. The number of allylic oxidation sites excluding steroid dienone is 1. The molecule has 0 bridgehead atoms. The maximum atomic E-state index is 11.5. The van der Waals surface area contributed by atoms with Crippen LogP contribution in [0.25, 0.3) is 16.3 Å². The number of hydrogen-bond acceptors (Lipinski definition) is 4. The van der Waals surface area contributed by atoms with E-state index in [2.05, 4.69) is 0 Å². The van der Waals surface area contributed by atoms with Crippen LogP contribution in [0, 0.1) is 0 Å². The topological polar surface area (TPSA) is 76.0 Å². The minimum atomic E-state index is -4.69. The van der Waals surface area contributed by atoms with Crippen molar-refractivity contribution in [2.75, 3.05) is 7.11 Å². The summed E-state index contributed by atoms with van der Waals surface area (Å²) >= 11 is 1.18. The van der Waals surface area contributed by atoms with Gasteiger partial charge in [0.25, 0.3) is 0 Å². The van der Waals surface area contributed by atoms with Gasteiger partial charge >= 0.3 is 7.82 Å². The average Bonchev–Trinajstić information content (AvgIpc) is 2.65. The smallest absolute Gasteiger partial charge is 0.497 e. The number of benzene rings is 3. The third kappa shape index (κ3) is 7.87. The Morgan fingerprint density at radius 1 is 0.931 bits per heavy atom. The van der Waals surface area contributed by atoms with E-state index < -0.39 is 7.82 Å². The fourth-order valence-corrected chi connectivity index (χ4v) is 4.14. The minimum Gasteiger partial charge on any atom is -0.497 e. The van der Waals surface area contributed by atoms with Gasteiger partial charge in [0.15, 0.2) is 5.09 Å². The summed E-state index contributed by atoms with van der Waals surface area (Å²) in [6, 6.07) is 20.8. The Kier molecular flexibility index (Phi) is 11.3. The molecule has 146 valence electrons. The number of phosphoric ester groups is 1. The van der Waals surface area contributed by atoms with Crippen molar-refractivity contribution in [1.82, 2.24) is 0 Å². The van der Waals surface area contributed by atoms with Crippen molar-refractivity contribution in [3.8, 4) is 5.75 Å². The summed E-state index contributed by atoms with van der Waals surface area (Å²) in [5.41, 5.74) is 1.46. The third-order valence-corrected chi connectivity index (χ3v) is 5.57. The van der Waals surface area contributed by atoms with Crippen LogP contribution in [0.2, 0.25) is 0 Å². The molecule has 0 spiro atoms. The zero-order valence-corrected chi connectivity index (χ0v) is 23.4. The molecule has 0 atom stereocenters. The van der Waals surface area contributed by atoms with Crippen molar-refractivity contribution in [1.29, 1.82) is 0 Å². The summed E-state index contributed by atoms with van der Waals surface area (Å²) in [7, 11) is -3.07.